The van der Waals surface area contributed by atoms with E-state index in [4.69, 9.17) is 4.98 Å². The van der Waals surface area contributed by atoms with E-state index in [1.807, 2.05) is 17.4 Å². The minimum Gasteiger partial charge on any atom is -0.305 e. The standard InChI is InChI=1S/C23H24N4OS/c28-23-18-15-27(14-17-9-10-21(29-17)16-6-2-1-3-7-16)13-11-19(18)25-22(26-23)20-8-4-5-12-24-20/h1-3,6-7,9-10H,4-5,8,11-15H2,(H,25,26,28). The number of thiophene rings is 1. The first-order valence-electron chi connectivity index (χ1n) is 10.3. The maximum absolute atomic E-state index is 12.7. The molecule has 2 aromatic heterocycles. The van der Waals surface area contributed by atoms with Gasteiger partial charge in [-0.1, -0.05) is 30.3 Å². The van der Waals surface area contributed by atoms with E-state index in [1.165, 1.54) is 15.3 Å². The Morgan fingerprint density at radius 1 is 1.07 bits per heavy atom. The van der Waals surface area contributed by atoms with E-state index < -0.39 is 0 Å². The summed E-state index contributed by atoms with van der Waals surface area (Å²) in [6, 6.07) is 14.9. The van der Waals surface area contributed by atoms with Crippen molar-refractivity contribution in [2.24, 2.45) is 4.99 Å². The Balaban J connectivity index is 1.32. The maximum Gasteiger partial charge on any atom is 0.255 e. The van der Waals surface area contributed by atoms with E-state index in [0.717, 1.165) is 62.3 Å². The van der Waals surface area contributed by atoms with Crippen LogP contribution in [0.3, 0.4) is 0 Å². The van der Waals surface area contributed by atoms with Crippen LogP contribution in [0.1, 0.15) is 41.2 Å². The first kappa shape index (κ1) is 18.5. The lowest BCUT2D eigenvalue weighted by Gasteiger charge is -2.27. The molecule has 1 aromatic carbocycles. The van der Waals surface area contributed by atoms with Crippen LogP contribution in [0.5, 0.6) is 0 Å². The van der Waals surface area contributed by atoms with E-state index in [1.54, 1.807) is 0 Å². The Bertz CT molecular complexity index is 1100. The summed E-state index contributed by atoms with van der Waals surface area (Å²) in [5.41, 5.74) is 3.98. The molecular formula is C23H24N4OS. The molecule has 0 spiro atoms. The lowest BCUT2D eigenvalue weighted by Crippen LogP contribution is -2.36. The fourth-order valence-corrected chi connectivity index (χ4v) is 5.14. The minimum atomic E-state index is -0.000808. The van der Waals surface area contributed by atoms with Crippen molar-refractivity contribution in [1.29, 1.82) is 0 Å². The van der Waals surface area contributed by atoms with Gasteiger partial charge < -0.3 is 4.98 Å². The smallest absolute Gasteiger partial charge is 0.255 e. The number of H-pyrrole nitrogens is 1. The number of hydrogen-bond donors (Lipinski definition) is 1. The molecule has 5 nitrogen and oxygen atoms in total. The van der Waals surface area contributed by atoms with E-state index in [0.29, 0.717) is 12.4 Å². The Kier molecular flexibility index (Phi) is 5.12. The number of nitrogens with zero attached hydrogens (tertiary/aromatic N) is 3. The zero-order valence-electron chi connectivity index (χ0n) is 16.4. The van der Waals surface area contributed by atoms with E-state index in [9.17, 15) is 4.79 Å². The number of hydrogen-bond acceptors (Lipinski definition) is 5. The molecule has 0 atom stereocenters. The van der Waals surface area contributed by atoms with Gasteiger partial charge in [-0.05, 0) is 37.0 Å². The van der Waals surface area contributed by atoms with Gasteiger partial charge in [0.05, 0.1) is 17.0 Å². The van der Waals surface area contributed by atoms with Crippen molar-refractivity contribution in [3.63, 3.8) is 0 Å². The molecule has 0 amide bonds. The van der Waals surface area contributed by atoms with Crippen LogP contribution in [0.15, 0.2) is 52.3 Å². The zero-order valence-corrected chi connectivity index (χ0v) is 17.2. The Morgan fingerprint density at radius 2 is 1.97 bits per heavy atom. The van der Waals surface area contributed by atoms with E-state index >= 15 is 0 Å². The van der Waals surface area contributed by atoms with Crippen molar-refractivity contribution >= 4 is 17.0 Å². The first-order chi connectivity index (χ1) is 14.3. The van der Waals surface area contributed by atoms with Gasteiger partial charge in [-0.15, -0.1) is 11.3 Å². The van der Waals surface area contributed by atoms with Gasteiger partial charge in [0.15, 0.2) is 5.82 Å². The molecular weight excluding hydrogens is 380 g/mol. The summed E-state index contributed by atoms with van der Waals surface area (Å²) in [5.74, 6) is 0.688. The van der Waals surface area contributed by atoms with Crippen LogP contribution in [0, 0.1) is 0 Å². The minimum absolute atomic E-state index is 0.000808. The van der Waals surface area contributed by atoms with Crippen molar-refractivity contribution in [2.45, 2.75) is 38.8 Å². The van der Waals surface area contributed by atoms with Crippen LogP contribution in [-0.2, 0) is 19.5 Å². The Labute approximate surface area is 174 Å². The van der Waals surface area contributed by atoms with Crippen LogP contribution in [0.4, 0.5) is 0 Å². The number of nitrogens with one attached hydrogen (secondary N) is 1. The molecule has 0 aliphatic carbocycles. The third-order valence-electron chi connectivity index (χ3n) is 5.64. The molecule has 29 heavy (non-hydrogen) atoms. The monoisotopic (exact) mass is 404 g/mol. The van der Waals surface area contributed by atoms with Gasteiger partial charge in [0, 0.05) is 42.4 Å². The quantitative estimate of drug-likeness (QED) is 0.714. The molecule has 1 N–H and O–H groups in total. The molecule has 0 fully saturated rings. The number of aliphatic imine (C=N–C) groups is 1. The number of aromatic nitrogens is 2. The number of aromatic amines is 1. The van der Waals surface area contributed by atoms with Gasteiger partial charge in [0.1, 0.15) is 0 Å². The van der Waals surface area contributed by atoms with Crippen LogP contribution in [0.25, 0.3) is 10.4 Å². The highest BCUT2D eigenvalue weighted by atomic mass is 32.1. The van der Waals surface area contributed by atoms with Crippen LogP contribution in [-0.4, -0.2) is 33.7 Å². The molecule has 4 heterocycles. The second-order valence-electron chi connectivity index (χ2n) is 7.72. The molecule has 0 saturated heterocycles. The molecule has 148 valence electrons. The van der Waals surface area contributed by atoms with Gasteiger partial charge in [-0.2, -0.15) is 0 Å². The lowest BCUT2D eigenvalue weighted by molar-refractivity contribution is 0.244. The molecule has 0 bridgehead atoms. The number of rotatable bonds is 4. The van der Waals surface area contributed by atoms with Crippen molar-refractivity contribution in [1.82, 2.24) is 14.9 Å². The molecule has 6 heteroatoms. The highest BCUT2D eigenvalue weighted by molar-refractivity contribution is 7.15. The summed E-state index contributed by atoms with van der Waals surface area (Å²) in [7, 11) is 0. The van der Waals surface area contributed by atoms with Crippen LogP contribution < -0.4 is 5.56 Å². The Morgan fingerprint density at radius 3 is 2.79 bits per heavy atom. The number of benzene rings is 1. The topological polar surface area (TPSA) is 61.4 Å². The van der Waals surface area contributed by atoms with Crippen molar-refractivity contribution < 1.29 is 0 Å². The third kappa shape index (κ3) is 3.95. The van der Waals surface area contributed by atoms with Crippen molar-refractivity contribution in [2.75, 3.05) is 13.1 Å². The molecule has 0 unspecified atom stereocenters. The first-order valence-corrected chi connectivity index (χ1v) is 11.1. The Hall–Kier alpha value is -2.57. The summed E-state index contributed by atoms with van der Waals surface area (Å²) in [4.78, 5) is 30.0. The average Bonchev–Trinajstić information content (AvgIpc) is 3.24. The largest absolute Gasteiger partial charge is 0.305 e. The van der Waals surface area contributed by atoms with Crippen molar-refractivity contribution in [3.8, 4) is 10.4 Å². The van der Waals surface area contributed by atoms with Crippen LogP contribution >= 0.6 is 11.3 Å². The summed E-state index contributed by atoms with van der Waals surface area (Å²) in [6.45, 7) is 3.29. The van der Waals surface area contributed by atoms with Gasteiger partial charge >= 0.3 is 0 Å². The van der Waals surface area contributed by atoms with Gasteiger partial charge in [-0.3, -0.25) is 14.7 Å². The molecule has 3 aromatic rings. The molecule has 5 rings (SSSR count). The van der Waals surface area contributed by atoms with Crippen molar-refractivity contribution in [3.05, 3.63) is 74.8 Å². The third-order valence-corrected chi connectivity index (χ3v) is 6.76. The summed E-state index contributed by atoms with van der Waals surface area (Å²) < 4.78 is 0. The average molecular weight is 405 g/mol. The van der Waals surface area contributed by atoms with Gasteiger partial charge in [0.2, 0.25) is 0 Å². The molecule has 2 aliphatic heterocycles. The maximum atomic E-state index is 12.7. The van der Waals surface area contributed by atoms with Crippen LogP contribution in [0.2, 0.25) is 0 Å². The summed E-state index contributed by atoms with van der Waals surface area (Å²) in [6.07, 6.45) is 3.98. The zero-order chi connectivity index (χ0) is 19.6. The van der Waals surface area contributed by atoms with Gasteiger partial charge in [-0.25, -0.2) is 4.98 Å². The summed E-state index contributed by atoms with van der Waals surface area (Å²) in [5, 5.41) is 0. The van der Waals surface area contributed by atoms with Gasteiger partial charge in [0.25, 0.3) is 5.56 Å². The normalized spacial score (nSPS) is 17.0. The highest BCUT2D eigenvalue weighted by Crippen LogP contribution is 2.29. The second kappa shape index (κ2) is 8.05. The fraction of sp³-hybridized carbons (Fsp3) is 0.348. The SMILES string of the molecule is O=c1[nH]c(C2=NCCCC2)nc2c1CN(Cc1ccc(-c3ccccc3)s1)CC2. The predicted octanol–water partition coefficient (Wildman–Crippen LogP) is 4.03. The molecule has 2 aliphatic rings. The predicted molar refractivity (Wildman–Crippen MR) is 118 cm³/mol. The molecule has 0 radical (unpaired) electrons. The number of fused-ring (bicyclic) bond motifs is 1. The lowest BCUT2D eigenvalue weighted by atomic mass is 10.1. The summed E-state index contributed by atoms with van der Waals surface area (Å²) >= 11 is 1.83. The molecule has 0 saturated carbocycles. The second-order valence-corrected chi connectivity index (χ2v) is 8.89. The van der Waals surface area contributed by atoms with E-state index in [-0.39, 0.29) is 5.56 Å². The highest BCUT2D eigenvalue weighted by Gasteiger charge is 2.23. The van der Waals surface area contributed by atoms with E-state index in [2.05, 4.69) is 51.3 Å². The fourth-order valence-electron chi connectivity index (χ4n) is 4.08.